The van der Waals surface area contributed by atoms with Crippen LogP contribution in [0.4, 0.5) is 13.2 Å². The van der Waals surface area contributed by atoms with E-state index in [2.05, 4.69) is 0 Å². The third kappa shape index (κ3) is 3.42. The zero-order valence-corrected chi connectivity index (χ0v) is 13.2. The van der Waals surface area contributed by atoms with Crippen LogP contribution >= 0.6 is 0 Å². The van der Waals surface area contributed by atoms with Crippen molar-refractivity contribution in [3.63, 3.8) is 0 Å². The van der Waals surface area contributed by atoms with Crippen molar-refractivity contribution in [3.05, 3.63) is 82.4 Å². The van der Waals surface area contributed by atoms with Crippen LogP contribution < -0.4 is 0 Å². The second kappa shape index (κ2) is 6.59. The van der Waals surface area contributed by atoms with Gasteiger partial charge in [-0.1, -0.05) is 24.3 Å². The van der Waals surface area contributed by atoms with Crippen molar-refractivity contribution in [1.82, 2.24) is 0 Å². The molecule has 0 aromatic heterocycles. The first-order valence-corrected chi connectivity index (χ1v) is 7.50. The van der Waals surface area contributed by atoms with Crippen LogP contribution in [0, 0.1) is 0 Å². The van der Waals surface area contributed by atoms with Crippen molar-refractivity contribution in [2.24, 2.45) is 0 Å². The summed E-state index contributed by atoms with van der Waals surface area (Å²) in [6, 6.07) is 9.78. The molecule has 7 heteroatoms. The van der Waals surface area contributed by atoms with Gasteiger partial charge in [-0.3, -0.25) is 9.59 Å². The van der Waals surface area contributed by atoms with E-state index in [0.29, 0.717) is 0 Å². The fourth-order valence-corrected chi connectivity index (χ4v) is 2.50. The molecule has 0 saturated heterocycles. The molecule has 2 aromatic rings. The highest BCUT2D eigenvalue weighted by Crippen LogP contribution is 2.29. The van der Waals surface area contributed by atoms with Crippen molar-refractivity contribution in [2.45, 2.75) is 6.18 Å². The molecule has 2 aromatic carbocycles. The minimum absolute atomic E-state index is 0.00830. The molecule has 0 unspecified atom stereocenters. The minimum Gasteiger partial charge on any atom is -0.457 e. The molecule has 0 heterocycles. The number of rotatable bonds is 3. The Morgan fingerprint density at radius 2 is 1.54 bits per heavy atom. The zero-order chi connectivity index (χ0) is 18.9. The van der Waals surface area contributed by atoms with Gasteiger partial charge < -0.3 is 4.74 Å². The highest BCUT2D eigenvalue weighted by molar-refractivity contribution is 6.24. The number of ether oxygens (including phenoxy) is 1. The molecule has 0 atom stereocenters. The average molecular weight is 360 g/mol. The van der Waals surface area contributed by atoms with E-state index in [0.717, 1.165) is 30.3 Å². The Kier molecular flexibility index (Phi) is 4.46. The Morgan fingerprint density at radius 1 is 0.923 bits per heavy atom. The molecule has 0 spiro atoms. The molecule has 0 fully saturated rings. The molecule has 0 saturated carbocycles. The van der Waals surface area contributed by atoms with E-state index < -0.39 is 30.1 Å². The lowest BCUT2D eigenvalue weighted by atomic mass is 9.90. The van der Waals surface area contributed by atoms with Gasteiger partial charge in [0.2, 0.25) is 0 Å². The highest BCUT2D eigenvalue weighted by Gasteiger charge is 2.30. The Balaban J connectivity index is 1.70. The molecule has 26 heavy (non-hydrogen) atoms. The van der Waals surface area contributed by atoms with Gasteiger partial charge in [-0.25, -0.2) is 4.79 Å². The van der Waals surface area contributed by atoms with Gasteiger partial charge in [0.05, 0.1) is 11.1 Å². The quantitative estimate of drug-likeness (QED) is 0.780. The van der Waals surface area contributed by atoms with E-state index in [-0.39, 0.29) is 28.0 Å². The van der Waals surface area contributed by atoms with E-state index in [9.17, 15) is 27.6 Å². The fourth-order valence-electron chi connectivity index (χ4n) is 2.50. The van der Waals surface area contributed by atoms with Crippen molar-refractivity contribution < 1.29 is 32.3 Å². The topological polar surface area (TPSA) is 60.4 Å². The van der Waals surface area contributed by atoms with Crippen LogP contribution in [0.3, 0.4) is 0 Å². The van der Waals surface area contributed by atoms with E-state index >= 15 is 0 Å². The molecule has 1 aliphatic carbocycles. The molecule has 0 N–H and O–H groups in total. The van der Waals surface area contributed by atoms with Crippen molar-refractivity contribution in [1.29, 1.82) is 0 Å². The normalized spacial score (nSPS) is 13.9. The molecule has 0 amide bonds. The number of hydrogen-bond acceptors (Lipinski definition) is 4. The Bertz CT molecular complexity index is 925. The molecule has 0 radical (unpaired) electrons. The van der Waals surface area contributed by atoms with Gasteiger partial charge in [-0.15, -0.1) is 0 Å². The summed E-state index contributed by atoms with van der Waals surface area (Å²) in [6.45, 7) is -0.446. The summed E-state index contributed by atoms with van der Waals surface area (Å²) in [5.41, 5.74) is -0.472. The second-order valence-electron chi connectivity index (χ2n) is 5.56. The maximum absolute atomic E-state index is 12.5. The van der Waals surface area contributed by atoms with Crippen molar-refractivity contribution >= 4 is 17.5 Å². The Hall–Kier alpha value is -3.22. The number of fused-ring (bicyclic) bond motifs is 1. The van der Waals surface area contributed by atoms with E-state index in [1.165, 1.54) is 12.1 Å². The number of ketones is 2. The van der Waals surface area contributed by atoms with Gasteiger partial charge >= 0.3 is 12.1 Å². The van der Waals surface area contributed by atoms with Crippen LogP contribution in [-0.4, -0.2) is 24.1 Å². The van der Waals surface area contributed by atoms with Crippen LogP contribution in [0.15, 0.2) is 60.2 Å². The minimum atomic E-state index is -4.50. The monoisotopic (exact) mass is 360 g/mol. The molecule has 0 bridgehead atoms. The summed E-state index contributed by atoms with van der Waals surface area (Å²) < 4.78 is 42.5. The zero-order valence-electron chi connectivity index (χ0n) is 13.2. The summed E-state index contributed by atoms with van der Waals surface area (Å²) >= 11 is 0. The number of alkyl halides is 3. The first-order valence-electron chi connectivity index (χ1n) is 7.50. The number of carbonyl (C=O) groups is 3. The number of carbonyl (C=O) groups excluding carboxylic acids is 3. The summed E-state index contributed by atoms with van der Waals surface area (Å²) in [4.78, 5) is 36.3. The number of esters is 1. The maximum atomic E-state index is 12.5. The van der Waals surface area contributed by atoms with Crippen molar-refractivity contribution in [2.75, 3.05) is 6.61 Å². The lowest BCUT2D eigenvalue weighted by molar-refractivity contribution is -0.137. The van der Waals surface area contributed by atoms with Crippen LogP contribution in [0.2, 0.25) is 0 Å². The van der Waals surface area contributed by atoms with Gasteiger partial charge in [0, 0.05) is 16.7 Å². The second-order valence-corrected chi connectivity index (χ2v) is 5.56. The lowest BCUT2D eigenvalue weighted by Gasteiger charge is -2.15. The van der Waals surface area contributed by atoms with Crippen LogP contribution in [-0.2, 0) is 10.9 Å². The molecular weight excluding hydrogens is 349 g/mol. The van der Waals surface area contributed by atoms with Crippen LogP contribution in [0.5, 0.6) is 0 Å². The van der Waals surface area contributed by atoms with Gasteiger partial charge in [-0.2, -0.15) is 13.2 Å². The van der Waals surface area contributed by atoms with E-state index in [1.807, 2.05) is 0 Å². The molecular formula is C19H11F3O4. The molecule has 4 nitrogen and oxygen atoms in total. The average Bonchev–Trinajstić information content (AvgIpc) is 2.62. The van der Waals surface area contributed by atoms with Gasteiger partial charge in [0.15, 0.2) is 11.6 Å². The number of Topliss-reactive ketones (excluding diaryl/α,β-unsaturated/α-hetero) is 1. The number of benzene rings is 2. The predicted octanol–water partition coefficient (Wildman–Crippen LogP) is 3.87. The molecule has 0 aliphatic heterocycles. The van der Waals surface area contributed by atoms with E-state index in [1.54, 1.807) is 12.1 Å². The first-order chi connectivity index (χ1) is 12.3. The van der Waals surface area contributed by atoms with Crippen molar-refractivity contribution in [3.8, 4) is 0 Å². The van der Waals surface area contributed by atoms with Gasteiger partial charge in [-0.05, 0) is 30.3 Å². The number of halogens is 3. The standard InChI is InChI=1S/C19H11F3O4/c20-19(21,22)13-7-5-11(6-8-13)18(25)26-10-12-9-16(23)14-3-1-2-4-15(14)17(12)24/h1-9H,10H2. The first kappa shape index (κ1) is 17.6. The largest absolute Gasteiger partial charge is 0.457 e. The van der Waals surface area contributed by atoms with Crippen LogP contribution in [0.1, 0.15) is 36.6 Å². The summed E-state index contributed by atoms with van der Waals surface area (Å²) in [5.74, 6) is -1.69. The van der Waals surface area contributed by atoms with Gasteiger partial charge in [0.1, 0.15) is 6.61 Å². The Morgan fingerprint density at radius 3 is 2.15 bits per heavy atom. The third-order valence-electron chi connectivity index (χ3n) is 3.84. The number of hydrogen-bond donors (Lipinski definition) is 0. The molecule has 1 aliphatic rings. The summed E-state index contributed by atoms with van der Waals surface area (Å²) in [6.07, 6.45) is -3.40. The fraction of sp³-hybridized carbons (Fsp3) is 0.105. The molecule has 132 valence electrons. The summed E-state index contributed by atoms with van der Waals surface area (Å²) in [7, 11) is 0. The lowest BCUT2D eigenvalue weighted by Crippen LogP contribution is -2.21. The number of allylic oxidation sites excluding steroid dienone is 1. The van der Waals surface area contributed by atoms with E-state index in [4.69, 9.17) is 4.74 Å². The molecule has 3 rings (SSSR count). The maximum Gasteiger partial charge on any atom is 0.416 e. The highest BCUT2D eigenvalue weighted by atomic mass is 19.4. The SMILES string of the molecule is O=C(OCC1=CC(=O)c2ccccc2C1=O)c1ccc(C(F)(F)F)cc1. The van der Waals surface area contributed by atoms with Gasteiger partial charge in [0.25, 0.3) is 0 Å². The smallest absolute Gasteiger partial charge is 0.416 e. The summed E-state index contributed by atoms with van der Waals surface area (Å²) in [5, 5.41) is 0. The predicted molar refractivity (Wildman–Crippen MR) is 84.9 cm³/mol. The third-order valence-corrected chi connectivity index (χ3v) is 3.84. The van der Waals surface area contributed by atoms with Crippen LogP contribution in [0.25, 0.3) is 0 Å². The Labute approximate surface area is 145 Å².